The maximum absolute atomic E-state index is 6.25. The van der Waals surface area contributed by atoms with Crippen molar-refractivity contribution >= 4 is 5.82 Å². The highest BCUT2D eigenvalue weighted by molar-refractivity contribution is 5.71. The smallest absolute Gasteiger partial charge is 0.155 e. The van der Waals surface area contributed by atoms with Crippen LogP contribution in [-0.4, -0.2) is 15.0 Å². The van der Waals surface area contributed by atoms with Gasteiger partial charge < -0.3 is 5.73 Å². The van der Waals surface area contributed by atoms with Crippen LogP contribution in [0.15, 0.2) is 48.5 Å². The SMILES string of the molecule is CCc1ccc(-c2nnn(-c3ccc(CC)cc3)c2N)cc1. The molecule has 0 radical (unpaired) electrons. The van der Waals surface area contributed by atoms with Crippen molar-refractivity contribution in [2.24, 2.45) is 0 Å². The van der Waals surface area contributed by atoms with Crippen LogP contribution >= 0.6 is 0 Å². The molecular weight excluding hydrogens is 272 g/mol. The lowest BCUT2D eigenvalue weighted by Crippen LogP contribution is -2.02. The van der Waals surface area contributed by atoms with E-state index in [1.165, 1.54) is 11.1 Å². The summed E-state index contributed by atoms with van der Waals surface area (Å²) >= 11 is 0. The van der Waals surface area contributed by atoms with Crippen LogP contribution < -0.4 is 5.73 Å². The molecule has 0 fully saturated rings. The van der Waals surface area contributed by atoms with Crippen LogP contribution in [0.25, 0.3) is 16.9 Å². The standard InChI is InChI=1S/C18H20N4/c1-3-13-5-9-15(10-6-13)17-18(19)22(21-20-17)16-11-7-14(4-2)8-12-16/h5-12H,3-4,19H2,1-2H3. The molecule has 1 aromatic heterocycles. The number of nitrogens with zero attached hydrogens (tertiary/aromatic N) is 3. The Hall–Kier alpha value is -2.62. The fraction of sp³-hybridized carbons (Fsp3) is 0.222. The number of nitrogens with two attached hydrogens (primary N) is 1. The third-order valence-corrected chi connectivity index (χ3v) is 3.93. The van der Waals surface area contributed by atoms with Gasteiger partial charge in [0, 0.05) is 5.56 Å². The summed E-state index contributed by atoms with van der Waals surface area (Å²) in [5, 5.41) is 8.45. The molecule has 0 aliphatic rings. The first-order chi connectivity index (χ1) is 10.7. The first kappa shape index (κ1) is 14.3. The van der Waals surface area contributed by atoms with Crippen molar-refractivity contribution < 1.29 is 0 Å². The van der Waals surface area contributed by atoms with E-state index in [0.717, 1.165) is 29.8 Å². The molecule has 4 heteroatoms. The number of rotatable bonds is 4. The second-order valence-electron chi connectivity index (χ2n) is 5.31. The van der Waals surface area contributed by atoms with E-state index in [2.05, 4.69) is 48.4 Å². The molecule has 0 unspecified atom stereocenters. The average molecular weight is 292 g/mol. The van der Waals surface area contributed by atoms with Crippen LogP contribution in [0.4, 0.5) is 5.82 Å². The quantitative estimate of drug-likeness (QED) is 0.798. The highest BCUT2D eigenvalue weighted by Crippen LogP contribution is 2.25. The summed E-state index contributed by atoms with van der Waals surface area (Å²) < 4.78 is 1.68. The van der Waals surface area contributed by atoms with Gasteiger partial charge in [-0.05, 0) is 36.1 Å². The van der Waals surface area contributed by atoms with Crippen LogP contribution in [0, 0.1) is 0 Å². The Kier molecular flexibility index (Phi) is 3.92. The lowest BCUT2D eigenvalue weighted by Gasteiger charge is -2.05. The molecule has 2 aromatic carbocycles. The van der Waals surface area contributed by atoms with Crippen LogP contribution in [0.1, 0.15) is 25.0 Å². The minimum Gasteiger partial charge on any atom is -0.382 e. The molecule has 0 aliphatic heterocycles. The van der Waals surface area contributed by atoms with Crippen molar-refractivity contribution in [2.75, 3.05) is 5.73 Å². The van der Waals surface area contributed by atoms with Gasteiger partial charge in [-0.2, -0.15) is 4.68 Å². The van der Waals surface area contributed by atoms with E-state index in [-0.39, 0.29) is 0 Å². The fourth-order valence-electron chi connectivity index (χ4n) is 2.46. The molecule has 112 valence electrons. The Morgan fingerprint density at radius 1 is 0.864 bits per heavy atom. The van der Waals surface area contributed by atoms with Crippen LogP contribution in [-0.2, 0) is 12.8 Å². The molecule has 0 saturated carbocycles. The van der Waals surface area contributed by atoms with E-state index in [0.29, 0.717) is 5.82 Å². The van der Waals surface area contributed by atoms with E-state index in [4.69, 9.17) is 5.73 Å². The van der Waals surface area contributed by atoms with Gasteiger partial charge in [-0.3, -0.25) is 0 Å². The summed E-state index contributed by atoms with van der Waals surface area (Å²) in [6, 6.07) is 16.5. The molecule has 22 heavy (non-hydrogen) atoms. The van der Waals surface area contributed by atoms with Crippen LogP contribution in [0.3, 0.4) is 0 Å². The van der Waals surface area contributed by atoms with Crippen molar-refractivity contribution in [1.82, 2.24) is 15.0 Å². The van der Waals surface area contributed by atoms with Crippen molar-refractivity contribution in [1.29, 1.82) is 0 Å². The largest absolute Gasteiger partial charge is 0.382 e. The zero-order valence-electron chi connectivity index (χ0n) is 13.0. The maximum atomic E-state index is 6.25. The van der Waals surface area contributed by atoms with Gasteiger partial charge >= 0.3 is 0 Å². The van der Waals surface area contributed by atoms with Crippen molar-refractivity contribution in [3.63, 3.8) is 0 Å². The molecule has 0 saturated heterocycles. The van der Waals surface area contributed by atoms with Crippen molar-refractivity contribution in [3.05, 3.63) is 59.7 Å². The summed E-state index contributed by atoms with van der Waals surface area (Å²) in [6.45, 7) is 4.27. The normalized spacial score (nSPS) is 10.8. The molecule has 0 amide bonds. The van der Waals surface area contributed by atoms with Crippen molar-refractivity contribution in [2.45, 2.75) is 26.7 Å². The Morgan fingerprint density at radius 2 is 1.41 bits per heavy atom. The van der Waals surface area contributed by atoms with Gasteiger partial charge in [-0.25, -0.2) is 0 Å². The highest BCUT2D eigenvalue weighted by Gasteiger charge is 2.12. The Balaban J connectivity index is 1.96. The highest BCUT2D eigenvalue weighted by atomic mass is 15.5. The molecule has 0 atom stereocenters. The zero-order valence-corrected chi connectivity index (χ0v) is 13.0. The minimum absolute atomic E-state index is 0.563. The average Bonchev–Trinajstić information content (AvgIpc) is 2.96. The fourth-order valence-corrected chi connectivity index (χ4v) is 2.46. The van der Waals surface area contributed by atoms with Gasteiger partial charge in [0.25, 0.3) is 0 Å². The van der Waals surface area contributed by atoms with Gasteiger partial charge in [0.05, 0.1) is 5.69 Å². The van der Waals surface area contributed by atoms with Crippen molar-refractivity contribution in [3.8, 4) is 16.9 Å². The lowest BCUT2D eigenvalue weighted by molar-refractivity contribution is 0.810. The predicted molar refractivity (Wildman–Crippen MR) is 90.0 cm³/mol. The molecule has 3 aromatic rings. The molecule has 0 bridgehead atoms. The zero-order chi connectivity index (χ0) is 15.5. The molecule has 2 N–H and O–H groups in total. The Labute approximate surface area is 130 Å². The summed E-state index contributed by atoms with van der Waals surface area (Å²) in [4.78, 5) is 0. The minimum atomic E-state index is 0.563. The lowest BCUT2D eigenvalue weighted by atomic mass is 10.1. The van der Waals surface area contributed by atoms with Gasteiger partial charge in [0.2, 0.25) is 0 Å². The van der Waals surface area contributed by atoms with E-state index in [1.54, 1.807) is 4.68 Å². The first-order valence-corrected chi connectivity index (χ1v) is 7.62. The molecule has 3 rings (SSSR count). The van der Waals surface area contributed by atoms with E-state index in [1.807, 2.05) is 24.3 Å². The van der Waals surface area contributed by atoms with E-state index >= 15 is 0 Å². The number of benzene rings is 2. The first-order valence-electron chi connectivity index (χ1n) is 7.62. The second kappa shape index (κ2) is 6.02. The van der Waals surface area contributed by atoms with E-state index in [9.17, 15) is 0 Å². The van der Waals surface area contributed by atoms with Crippen LogP contribution in [0.2, 0.25) is 0 Å². The summed E-state index contributed by atoms with van der Waals surface area (Å²) in [5.74, 6) is 0.563. The number of aryl methyl sites for hydroxylation is 2. The van der Waals surface area contributed by atoms with Gasteiger partial charge in [-0.15, -0.1) is 5.10 Å². The topological polar surface area (TPSA) is 56.7 Å². The molecule has 0 spiro atoms. The summed E-state index contributed by atoms with van der Waals surface area (Å²) in [7, 11) is 0. The third-order valence-electron chi connectivity index (χ3n) is 3.93. The monoisotopic (exact) mass is 292 g/mol. The Bertz CT molecular complexity index is 690. The maximum Gasteiger partial charge on any atom is 0.155 e. The third kappa shape index (κ3) is 2.60. The predicted octanol–water partition coefficient (Wildman–Crippen LogP) is 3.64. The van der Waals surface area contributed by atoms with E-state index < -0.39 is 0 Å². The number of hydrogen-bond donors (Lipinski definition) is 1. The molecule has 0 aliphatic carbocycles. The number of hydrogen-bond acceptors (Lipinski definition) is 3. The van der Waals surface area contributed by atoms with Gasteiger partial charge in [0.1, 0.15) is 5.69 Å². The molecule has 4 nitrogen and oxygen atoms in total. The number of anilines is 1. The molecule has 1 heterocycles. The Morgan fingerprint density at radius 3 is 1.95 bits per heavy atom. The summed E-state index contributed by atoms with van der Waals surface area (Å²) in [5.41, 5.74) is 11.5. The molecular formula is C18H20N4. The number of nitrogen functional groups attached to an aromatic ring is 1. The summed E-state index contributed by atoms with van der Waals surface area (Å²) in [6.07, 6.45) is 2.04. The van der Waals surface area contributed by atoms with Gasteiger partial charge in [-0.1, -0.05) is 55.5 Å². The van der Waals surface area contributed by atoms with Gasteiger partial charge in [0.15, 0.2) is 5.82 Å². The second-order valence-corrected chi connectivity index (χ2v) is 5.31. The number of aromatic nitrogens is 3. The van der Waals surface area contributed by atoms with Crippen LogP contribution in [0.5, 0.6) is 0 Å².